The van der Waals surface area contributed by atoms with Crippen LogP contribution in [-0.4, -0.2) is 76.5 Å². The lowest BCUT2D eigenvalue weighted by atomic mass is 10.2. The van der Waals surface area contributed by atoms with Gasteiger partial charge in [-0.2, -0.15) is 4.31 Å². The maximum absolute atomic E-state index is 12.9. The predicted octanol–water partition coefficient (Wildman–Crippen LogP) is -0.0750. The van der Waals surface area contributed by atoms with Crippen molar-refractivity contribution in [2.24, 2.45) is 5.73 Å². The number of methoxy groups -OCH3 is 1. The van der Waals surface area contributed by atoms with Gasteiger partial charge in [-0.1, -0.05) is 6.07 Å². The maximum atomic E-state index is 12.9. The average molecular weight is 370 g/mol. The standard InChI is InChI=1S/C16H26N4O4S/c1-19-7-4-8-20(10-9-19)25(22,23)14-6-3-5-13(11-14)18-16(21)15(17)12-24-2/h3,5-6,11,15H,4,7-10,12,17H2,1-2H3,(H,18,21). The van der Waals surface area contributed by atoms with E-state index >= 15 is 0 Å². The van der Waals surface area contributed by atoms with Crippen molar-refractivity contribution in [3.8, 4) is 0 Å². The Bertz CT molecular complexity index is 695. The first-order chi connectivity index (χ1) is 11.8. The molecule has 3 N–H and O–H groups in total. The van der Waals surface area contributed by atoms with E-state index in [1.54, 1.807) is 12.1 Å². The number of benzene rings is 1. The second kappa shape index (κ2) is 8.72. The van der Waals surface area contributed by atoms with Crippen molar-refractivity contribution in [1.29, 1.82) is 0 Å². The SMILES string of the molecule is COCC(N)C(=O)Nc1cccc(S(=O)(=O)N2CCCN(C)CC2)c1. The Morgan fingerprint density at radius 2 is 2.08 bits per heavy atom. The van der Waals surface area contributed by atoms with E-state index in [4.69, 9.17) is 10.5 Å². The molecule has 0 aromatic heterocycles. The number of amides is 1. The molecule has 140 valence electrons. The molecular formula is C16H26N4O4S. The highest BCUT2D eigenvalue weighted by Crippen LogP contribution is 2.21. The van der Waals surface area contributed by atoms with Gasteiger partial charge in [0.25, 0.3) is 0 Å². The van der Waals surface area contributed by atoms with Crippen molar-refractivity contribution < 1.29 is 17.9 Å². The Balaban J connectivity index is 2.15. The van der Waals surface area contributed by atoms with Gasteiger partial charge in [0.15, 0.2) is 0 Å². The van der Waals surface area contributed by atoms with E-state index in [0.29, 0.717) is 25.3 Å². The third kappa shape index (κ3) is 5.23. The zero-order valence-electron chi connectivity index (χ0n) is 14.6. The number of nitrogens with two attached hydrogens (primary N) is 1. The molecular weight excluding hydrogens is 344 g/mol. The number of sulfonamides is 1. The number of carbonyl (C=O) groups is 1. The fourth-order valence-electron chi connectivity index (χ4n) is 2.64. The highest BCUT2D eigenvalue weighted by atomic mass is 32.2. The highest BCUT2D eigenvalue weighted by Gasteiger charge is 2.26. The molecule has 0 radical (unpaired) electrons. The summed E-state index contributed by atoms with van der Waals surface area (Å²) >= 11 is 0. The van der Waals surface area contributed by atoms with Gasteiger partial charge in [0.05, 0.1) is 11.5 Å². The molecule has 1 aromatic carbocycles. The molecule has 1 aromatic rings. The number of nitrogens with one attached hydrogen (secondary N) is 1. The van der Waals surface area contributed by atoms with E-state index in [0.717, 1.165) is 13.0 Å². The van der Waals surface area contributed by atoms with Gasteiger partial charge in [-0.15, -0.1) is 0 Å². The summed E-state index contributed by atoms with van der Waals surface area (Å²) in [7, 11) is -0.159. The maximum Gasteiger partial charge on any atom is 0.243 e. The number of likely N-dealkylation sites (N-methyl/N-ethyl adjacent to an activating group) is 1. The van der Waals surface area contributed by atoms with Crippen molar-refractivity contribution in [2.75, 3.05) is 52.3 Å². The van der Waals surface area contributed by atoms with Crippen LogP contribution in [0.1, 0.15) is 6.42 Å². The molecule has 2 rings (SSSR count). The summed E-state index contributed by atoms with van der Waals surface area (Å²) in [6.45, 7) is 2.60. The summed E-state index contributed by atoms with van der Waals surface area (Å²) < 4.78 is 32.1. The quantitative estimate of drug-likeness (QED) is 0.726. The van der Waals surface area contributed by atoms with Gasteiger partial charge in [-0.25, -0.2) is 8.42 Å². The Kier molecular flexibility index (Phi) is 6.91. The number of nitrogens with zero attached hydrogens (tertiary/aromatic N) is 2. The zero-order chi connectivity index (χ0) is 18.4. The highest BCUT2D eigenvalue weighted by molar-refractivity contribution is 7.89. The van der Waals surface area contributed by atoms with Crippen LogP contribution < -0.4 is 11.1 Å². The minimum atomic E-state index is -3.60. The topological polar surface area (TPSA) is 105 Å². The van der Waals surface area contributed by atoms with Crippen molar-refractivity contribution >= 4 is 21.6 Å². The first-order valence-corrected chi connectivity index (χ1v) is 9.62. The number of hydrogen-bond acceptors (Lipinski definition) is 6. The Hall–Kier alpha value is -1.52. The predicted molar refractivity (Wildman–Crippen MR) is 95.8 cm³/mol. The largest absolute Gasteiger partial charge is 0.383 e. The van der Waals surface area contributed by atoms with E-state index in [-0.39, 0.29) is 11.5 Å². The van der Waals surface area contributed by atoms with Crippen molar-refractivity contribution in [3.05, 3.63) is 24.3 Å². The van der Waals surface area contributed by atoms with Gasteiger partial charge in [-0.3, -0.25) is 4.79 Å². The molecule has 1 atom stereocenters. The summed E-state index contributed by atoms with van der Waals surface area (Å²) in [4.78, 5) is 14.2. The Morgan fingerprint density at radius 3 is 2.80 bits per heavy atom. The number of ether oxygens (including phenoxy) is 1. The van der Waals surface area contributed by atoms with Gasteiger partial charge < -0.3 is 20.7 Å². The fraction of sp³-hybridized carbons (Fsp3) is 0.562. The second-order valence-electron chi connectivity index (χ2n) is 6.14. The third-order valence-corrected chi connectivity index (χ3v) is 6.00. The van der Waals surface area contributed by atoms with Gasteiger partial charge in [0, 0.05) is 32.4 Å². The molecule has 1 heterocycles. The summed E-state index contributed by atoms with van der Waals surface area (Å²) in [5.41, 5.74) is 6.07. The van der Waals surface area contributed by atoms with E-state index in [1.807, 2.05) is 7.05 Å². The molecule has 1 saturated heterocycles. The van der Waals surface area contributed by atoms with E-state index in [2.05, 4.69) is 10.2 Å². The molecule has 8 nitrogen and oxygen atoms in total. The first kappa shape index (κ1) is 19.8. The molecule has 1 fully saturated rings. The minimum Gasteiger partial charge on any atom is -0.383 e. The second-order valence-corrected chi connectivity index (χ2v) is 8.08. The number of anilines is 1. The summed E-state index contributed by atoms with van der Waals surface area (Å²) in [5, 5.41) is 2.63. The molecule has 0 bridgehead atoms. The third-order valence-electron chi connectivity index (χ3n) is 4.10. The lowest BCUT2D eigenvalue weighted by Crippen LogP contribution is -2.39. The van der Waals surface area contributed by atoms with Crippen LogP contribution in [0.25, 0.3) is 0 Å². The van der Waals surface area contributed by atoms with Gasteiger partial charge in [-0.05, 0) is 38.2 Å². The molecule has 1 unspecified atom stereocenters. The first-order valence-electron chi connectivity index (χ1n) is 8.18. The number of rotatable bonds is 6. The fourth-order valence-corrected chi connectivity index (χ4v) is 4.15. The van der Waals surface area contributed by atoms with Crippen molar-refractivity contribution in [2.45, 2.75) is 17.4 Å². The van der Waals surface area contributed by atoms with Gasteiger partial charge in [0.2, 0.25) is 15.9 Å². The van der Waals surface area contributed by atoms with Crippen LogP contribution >= 0.6 is 0 Å². The lowest BCUT2D eigenvalue weighted by Gasteiger charge is -2.20. The van der Waals surface area contributed by atoms with Crippen LogP contribution in [0.15, 0.2) is 29.2 Å². The van der Waals surface area contributed by atoms with Gasteiger partial charge >= 0.3 is 0 Å². The molecule has 0 aliphatic carbocycles. The van der Waals surface area contributed by atoms with E-state index in [9.17, 15) is 13.2 Å². The normalized spacial score (nSPS) is 18.5. The van der Waals surface area contributed by atoms with Crippen LogP contribution in [-0.2, 0) is 19.6 Å². The smallest absolute Gasteiger partial charge is 0.243 e. The monoisotopic (exact) mass is 370 g/mol. The van der Waals surface area contributed by atoms with Crippen LogP contribution in [0, 0.1) is 0 Å². The van der Waals surface area contributed by atoms with Crippen LogP contribution in [0.5, 0.6) is 0 Å². The zero-order valence-corrected chi connectivity index (χ0v) is 15.5. The average Bonchev–Trinajstić information content (AvgIpc) is 2.80. The van der Waals surface area contributed by atoms with Crippen LogP contribution in [0.2, 0.25) is 0 Å². The molecule has 1 aliphatic rings. The van der Waals surface area contributed by atoms with Crippen LogP contribution in [0.4, 0.5) is 5.69 Å². The van der Waals surface area contributed by atoms with E-state index < -0.39 is 22.0 Å². The summed E-state index contributed by atoms with van der Waals surface area (Å²) in [5.74, 6) is -0.423. The Labute approximate surface area is 149 Å². The molecule has 0 saturated carbocycles. The molecule has 1 amide bonds. The molecule has 0 spiro atoms. The van der Waals surface area contributed by atoms with Crippen LogP contribution in [0.3, 0.4) is 0 Å². The Morgan fingerprint density at radius 1 is 1.32 bits per heavy atom. The van der Waals surface area contributed by atoms with E-state index in [1.165, 1.54) is 23.5 Å². The molecule has 25 heavy (non-hydrogen) atoms. The summed E-state index contributed by atoms with van der Waals surface area (Å²) in [6.07, 6.45) is 0.790. The van der Waals surface area contributed by atoms with Crippen molar-refractivity contribution in [3.63, 3.8) is 0 Å². The molecule has 9 heteroatoms. The minimum absolute atomic E-state index is 0.0884. The summed E-state index contributed by atoms with van der Waals surface area (Å²) in [6, 6.07) is 5.42. The van der Waals surface area contributed by atoms with Crippen molar-refractivity contribution in [1.82, 2.24) is 9.21 Å². The number of hydrogen-bond donors (Lipinski definition) is 2. The lowest BCUT2D eigenvalue weighted by molar-refractivity contribution is -0.118. The molecule has 1 aliphatic heterocycles. The van der Waals surface area contributed by atoms with Gasteiger partial charge in [0.1, 0.15) is 6.04 Å². The number of carbonyl (C=O) groups excluding carboxylic acids is 1.